The second-order valence-corrected chi connectivity index (χ2v) is 8.24. The molecule has 0 aromatic carbocycles. The molecule has 0 aliphatic heterocycles. The van der Waals surface area contributed by atoms with Gasteiger partial charge in [-0.15, -0.1) is 0 Å². The van der Waals surface area contributed by atoms with Crippen molar-refractivity contribution in [1.29, 1.82) is 0 Å². The molecule has 1 aliphatic rings. The number of aliphatic hydroxyl groups excluding tert-OH is 1. The number of aromatic nitrogens is 3. The molecule has 1 aliphatic carbocycles. The summed E-state index contributed by atoms with van der Waals surface area (Å²) in [5.41, 5.74) is -1.52. The molecule has 0 bridgehead atoms. The van der Waals surface area contributed by atoms with Crippen LogP contribution in [0, 0.1) is 5.41 Å². The van der Waals surface area contributed by atoms with Gasteiger partial charge in [-0.25, -0.2) is 18.7 Å². The molecule has 164 valence electrons. The SMILES string of the molecule is CC(F)(F)c1ccncc1CCc1ncc(C(F)(F)F)c(N[C@H]2C[C@@H](O)C2(C)C)n1. The highest BCUT2D eigenvalue weighted by molar-refractivity contribution is 5.47. The Balaban J connectivity index is 1.84. The van der Waals surface area contributed by atoms with Crippen LogP contribution in [0.25, 0.3) is 0 Å². The summed E-state index contributed by atoms with van der Waals surface area (Å²) in [6.07, 6.45) is -1.53. The summed E-state index contributed by atoms with van der Waals surface area (Å²) in [5, 5.41) is 12.6. The Morgan fingerprint density at radius 2 is 1.83 bits per heavy atom. The highest BCUT2D eigenvalue weighted by Gasteiger charge is 2.48. The number of halogens is 5. The largest absolute Gasteiger partial charge is 0.421 e. The van der Waals surface area contributed by atoms with E-state index >= 15 is 0 Å². The van der Waals surface area contributed by atoms with E-state index in [9.17, 15) is 27.1 Å². The van der Waals surface area contributed by atoms with E-state index in [1.165, 1.54) is 18.5 Å². The third-order valence-corrected chi connectivity index (χ3v) is 5.67. The van der Waals surface area contributed by atoms with Crippen molar-refractivity contribution in [2.45, 2.75) is 64.3 Å². The van der Waals surface area contributed by atoms with Gasteiger partial charge in [0.05, 0.1) is 6.10 Å². The van der Waals surface area contributed by atoms with Crippen molar-refractivity contribution in [3.63, 3.8) is 0 Å². The molecule has 1 saturated carbocycles. The van der Waals surface area contributed by atoms with Crippen molar-refractivity contribution in [2.24, 2.45) is 5.41 Å². The normalized spacial score (nSPS) is 21.2. The first-order valence-electron chi connectivity index (χ1n) is 9.49. The maximum Gasteiger partial charge on any atom is 0.421 e. The smallest absolute Gasteiger partial charge is 0.392 e. The number of alkyl halides is 5. The van der Waals surface area contributed by atoms with E-state index in [1.807, 2.05) is 0 Å². The van der Waals surface area contributed by atoms with Crippen LogP contribution in [0.1, 0.15) is 49.7 Å². The highest BCUT2D eigenvalue weighted by atomic mass is 19.4. The van der Waals surface area contributed by atoms with Gasteiger partial charge in [0.15, 0.2) is 0 Å². The average molecular weight is 430 g/mol. The van der Waals surface area contributed by atoms with Crippen molar-refractivity contribution in [3.05, 3.63) is 47.2 Å². The van der Waals surface area contributed by atoms with E-state index in [0.717, 1.165) is 6.92 Å². The number of pyridine rings is 1. The molecule has 0 amide bonds. The van der Waals surface area contributed by atoms with Crippen LogP contribution in [0.5, 0.6) is 0 Å². The van der Waals surface area contributed by atoms with Crippen LogP contribution in [0.15, 0.2) is 24.7 Å². The van der Waals surface area contributed by atoms with Gasteiger partial charge in [0.1, 0.15) is 17.2 Å². The van der Waals surface area contributed by atoms with Crippen molar-refractivity contribution in [2.75, 3.05) is 5.32 Å². The molecule has 1 fully saturated rings. The standard InChI is InChI=1S/C20H23F5N4O/c1-18(2)14(8-15(18)30)28-17-13(20(23,24)25)10-27-16(29-17)5-4-11-9-26-7-6-12(11)19(3,21)22/h6-7,9-10,14-15,30H,4-5,8H2,1-3H3,(H,27,28,29)/t14-,15+/m0/s1. The van der Waals surface area contributed by atoms with E-state index in [-0.39, 0.29) is 41.7 Å². The Labute approximate surface area is 170 Å². The molecular weight excluding hydrogens is 407 g/mol. The summed E-state index contributed by atoms with van der Waals surface area (Å²) in [7, 11) is 0. The topological polar surface area (TPSA) is 70.9 Å². The van der Waals surface area contributed by atoms with Crippen LogP contribution in [-0.4, -0.2) is 32.2 Å². The molecule has 30 heavy (non-hydrogen) atoms. The Morgan fingerprint density at radius 1 is 1.13 bits per heavy atom. The monoisotopic (exact) mass is 430 g/mol. The van der Waals surface area contributed by atoms with Gasteiger partial charge in [-0.2, -0.15) is 13.2 Å². The Hall–Kier alpha value is -2.36. The number of hydrogen-bond acceptors (Lipinski definition) is 5. The number of aryl methyl sites for hydroxylation is 2. The summed E-state index contributed by atoms with van der Waals surface area (Å²) in [6, 6.07) is 0.833. The summed E-state index contributed by atoms with van der Waals surface area (Å²) in [5.74, 6) is -3.34. The van der Waals surface area contributed by atoms with Crippen molar-refractivity contribution >= 4 is 5.82 Å². The fourth-order valence-electron chi connectivity index (χ4n) is 3.47. The molecule has 0 radical (unpaired) electrons. The minimum absolute atomic E-state index is 0.0677. The molecule has 5 nitrogen and oxygen atoms in total. The summed E-state index contributed by atoms with van der Waals surface area (Å²) in [6.45, 7) is 4.28. The number of rotatable bonds is 6. The molecule has 0 unspecified atom stereocenters. The Morgan fingerprint density at radius 3 is 2.40 bits per heavy atom. The molecule has 10 heteroatoms. The van der Waals surface area contributed by atoms with Gasteiger partial charge in [0, 0.05) is 49.0 Å². The second-order valence-electron chi connectivity index (χ2n) is 8.24. The van der Waals surface area contributed by atoms with Crippen molar-refractivity contribution in [1.82, 2.24) is 15.0 Å². The number of hydrogen-bond donors (Lipinski definition) is 2. The van der Waals surface area contributed by atoms with E-state index in [1.54, 1.807) is 13.8 Å². The van der Waals surface area contributed by atoms with Gasteiger partial charge in [0.25, 0.3) is 5.92 Å². The predicted octanol–water partition coefficient (Wildman–Crippen LogP) is 4.36. The maximum absolute atomic E-state index is 13.8. The maximum atomic E-state index is 13.8. The minimum Gasteiger partial charge on any atom is -0.392 e. The number of anilines is 1. The van der Waals surface area contributed by atoms with E-state index in [4.69, 9.17) is 0 Å². The van der Waals surface area contributed by atoms with Crippen LogP contribution in [0.2, 0.25) is 0 Å². The number of nitrogens with one attached hydrogen (secondary N) is 1. The molecule has 0 spiro atoms. The molecule has 2 N–H and O–H groups in total. The first kappa shape index (κ1) is 22.3. The molecule has 2 heterocycles. The highest BCUT2D eigenvalue weighted by Crippen LogP contribution is 2.43. The van der Waals surface area contributed by atoms with Gasteiger partial charge >= 0.3 is 6.18 Å². The molecule has 2 aromatic heterocycles. The van der Waals surface area contributed by atoms with Crippen molar-refractivity contribution < 1.29 is 27.1 Å². The molecule has 0 saturated heterocycles. The Kier molecular flexibility index (Phi) is 5.74. The lowest BCUT2D eigenvalue weighted by Crippen LogP contribution is -2.57. The third kappa shape index (κ3) is 4.53. The Bertz CT molecular complexity index is 911. The lowest BCUT2D eigenvalue weighted by Gasteiger charge is -2.49. The van der Waals surface area contributed by atoms with E-state index < -0.39 is 29.2 Å². The fraction of sp³-hybridized carbons (Fsp3) is 0.550. The van der Waals surface area contributed by atoms with Crippen LogP contribution in [0.4, 0.5) is 27.8 Å². The lowest BCUT2D eigenvalue weighted by molar-refractivity contribution is -0.137. The first-order valence-corrected chi connectivity index (χ1v) is 9.49. The van der Waals surface area contributed by atoms with Crippen LogP contribution < -0.4 is 5.32 Å². The van der Waals surface area contributed by atoms with E-state index in [2.05, 4.69) is 20.3 Å². The van der Waals surface area contributed by atoms with E-state index in [0.29, 0.717) is 12.6 Å². The van der Waals surface area contributed by atoms with Gasteiger partial charge in [-0.05, 0) is 24.5 Å². The average Bonchev–Trinajstić information content (AvgIpc) is 2.65. The third-order valence-electron chi connectivity index (χ3n) is 5.67. The second kappa shape index (κ2) is 7.72. The summed E-state index contributed by atoms with van der Waals surface area (Å²) >= 11 is 0. The number of aliphatic hydroxyl groups is 1. The van der Waals surface area contributed by atoms with Crippen LogP contribution in [0.3, 0.4) is 0 Å². The van der Waals surface area contributed by atoms with Crippen molar-refractivity contribution in [3.8, 4) is 0 Å². The van der Waals surface area contributed by atoms with Gasteiger partial charge in [-0.3, -0.25) is 4.98 Å². The van der Waals surface area contributed by atoms with Crippen LogP contribution in [-0.2, 0) is 24.9 Å². The molecule has 3 rings (SSSR count). The molecule has 2 atom stereocenters. The molecular formula is C20H23F5N4O. The zero-order valence-corrected chi connectivity index (χ0v) is 16.8. The quantitative estimate of drug-likeness (QED) is 0.667. The zero-order chi connectivity index (χ0) is 22.3. The zero-order valence-electron chi connectivity index (χ0n) is 16.8. The van der Waals surface area contributed by atoms with Gasteiger partial charge < -0.3 is 10.4 Å². The van der Waals surface area contributed by atoms with Gasteiger partial charge in [0.2, 0.25) is 0 Å². The fourth-order valence-corrected chi connectivity index (χ4v) is 3.47. The summed E-state index contributed by atoms with van der Waals surface area (Å²) in [4.78, 5) is 11.7. The van der Waals surface area contributed by atoms with Crippen LogP contribution >= 0.6 is 0 Å². The molecule has 2 aromatic rings. The van der Waals surface area contributed by atoms with Gasteiger partial charge in [-0.1, -0.05) is 13.8 Å². The lowest BCUT2D eigenvalue weighted by atomic mass is 9.64. The predicted molar refractivity (Wildman–Crippen MR) is 100 cm³/mol. The summed E-state index contributed by atoms with van der Waals surface area (Å²) < 4.78 is 67.7. The number of nitrogens with zero attached hydrogens (tertiary/aromatic N) is 3. The minimum atomic E-state index is -4.66. The first-order chi connectivity index (χ1) is 13.8.